The molecule has 5 nitrogen and oxygen atoms in total. The Kier molecular flexibility index (Phi) is 4.65. The number of hydrogen-bond donors (Lipinski definition) is 1. The summed E-state index contributed by atoms with van der Waals surface area (Å²) in [5.41, 5.74) is 1.44. The van der Waals surface area contributed by atoms with E-state index in [4.69, 9.17) is 0 Å². The van der Waals surface area contributed by atoms with Crippen molar-refractivity contribution in [3.05, 3.63) is 54.0 Å². The van der Waals surface area contributed by atoms with Gasteiger partial charge in [-0.25, -0.2) is 4.98 Å². The second-order valence-electron chi connectivity index (χ2n) is 4.41. The van der Waals surface area contributed by atoms with Gasteiger partial charge in [0.2, 0.25) is 0 Å². The third-order valence-electron chi connectivity index (χ3n) is 2.85. The van der Waals surface area contributed by atoms with Crippen LogP contribution in [0.3, 0.4) is 0 Å². The summed E-state index contributed by atoms with van der Waals surface area (Å²) in [5, 5.41) is 3.10. The van der Waals surface area contributed by atoms with Crippen molar-refractivity contribution in [3.63, 3.8) is 0 Å². The van der Waals surface area contributed by atoms with Crippen molar-refractivity contribution in [2.45, 2.75) is 13.5 Å². The van der Waals surface area contributed by atoms with Crippen molar-refractivity contribution in [2.24, 2.45) is 0 Å². The summed E-state index contributed by atoms with van der Waals surface area (Å²) in [6, 6.07) is 9.22. The lowest BCUT2D eigenvalue weighted by Crippen LogP contribution is -2.27. The highest BCUT2D eigenvalue weighted by atomic mass is 16.2. The molecule has 0 spiro atoms. The molecule has 0 aromatic carbocycles. The quantitative estimate of drug-likeness (QED) is 0.904. The Labute approximate surface area is 118 Å². The maximum Gasteiger partial charge on any atom is 0.257 e. The fourth-order valence-corrected chi connectivity index (χ4v) is 1.90. The molecule has 0 aliphatic heterocycles. The van der Waals surface area contributed by atoms with Crippen molar-refractivity contribution in [1.29, 1.82) is 0 Å². The standard InChI is InChI=1S/C15H18N4O/c1-3-16-14-13(8-6-10-18-14)15(20)19(2)11-12-7-4-5-9-17-12/h4-10H,3,11H2,1-2H3,(H,16,18). The minimum Gasteiger partial charge on any atom is -0.370 e. The summed E-state index contributed by atoms with van der Waals surface area (Å²) in [6.07, 6.45) is 3.40. The number of nitrogens with one attached hydrogen (secondary N) is 1. The Morgan fingerprint density at radius 1 is 1.20 bits per heavy atom. The van der Waals surface area contributed by atoms with Crippen molar-refractivity contribution in [2.75, 3.05) is 18.9 Å². The average molecular weight is 270 g/mol. The lowest BCUT2D eigenvalue weighted by molar-refractivity contribution is 0.0784. The van der Waals surface area contributed by atoms with Crippen LogP contribution in [-0.4, -0.2) is 34.4 Å². The Morgan fingerprint density at radius 3 is 2.70 bits per heavy atom. The summed E-state index contributed by atoms with van der Waals surface area (Å²) in [7, 11) is 1.76. The maximum atomic E-state index is 12.5. The highest BCUT2D eigenvalue weighted by Crippen LogP contribution is 2.14. The van der Waals surface area contributed by atoms with Gasteiger partial charge in [0.1, 0.15) is 5.82 Å². The van der Waals surface area contributed by atoms with Gasteiger partial charge in [0.05, 0.1) is 17.8 Å². The Bertz CT molecular complexity index is 571. The second kappa shape index (κ2) is 6.65. The molecule has 0 radical (unpaired) electrons. The topological polar surface area (TPSA) is 58.1 Å². The first kappa shape index (κ1) is 14.0. The zero-order chi connectivity index (χ0) is 14.4. The summed E-state index contributed by atoms with van der Waals surface area (Å²) in [5.74, 6) is 0.549. The van der Waals surface area contributed by atoms with E-state index in [2.05, 4.69) is 15.3 Å². The zero-order valence-corrected chi connectivity index (χ0v) is 11.7. The monoisotopic (exact) mass is 270 g/mol. The lowest BCUT2D eigenvalue weighted by atomic mass is 10.2. The van der Waals surface area contributed by atoms with Crippen LogP contribution in [0, 0.1) is 0 Å². The number of aromatic nitrogens is 2. The van der Waals surface area contributed by atoms with Crippen molar-refractivity contribution < 1.29 is 4.79 Å². The van der Waals surface area contributed by atoms with Crippen LogP contribution in [0.2, 0.25) is 0 Å². The van der Waals surface area contributed by atoms with Crippen LogP contribution in [0.5, 0.6) is 0 Å². The minimum atomic E-state index is -0.0697. The summed E-state index contributed by atoms with van der Waals surface area (Å²) in [4.78, 5) is 22.5. The molecule has 2 aromatic heterocycles. The number of rotatable bonds is 5. The van der Waals surface area contributed by atoms with Gasteiger partial charge in [0.15, 0.2) is 0 Å². The fraction of sp³-hybridized carbons (Fsp3) is 0.267. The summed E-state index contributed by atoms with van der Waals surface area (Å²) >= 11 is 0. The van der Waals surface area contributed by atoms with Gasteiger partial charge in [0, 0.05) is 26.0 Å². The molecule has 1 N–H and O–H groups in total. The average Bonchev–Trinajstić information content (AvgIpc) is 2.48. The predicted molar refractivity (Wildman–Crippen MR) is 78.4 cm³/mol. The van der Waals surface area contributed by atoms with E-state index in [-0.39, 0.29) is 5.91 Å². The molecular weight excluding hydrogens is 252 g/mol. The van der Waals surface area contributed by atoms with Crippen LogP contribution >= 0.6 is 0 Å². The van der Waals surface area contributed by atoms with Crippen molar-refractivity contribution >= 4 is 11.7 Å². The Morgan fingerprint density at radius 2 is 2.00 bits per heavy atom. The second-order valence-corrected chi connectivity index (χ2v) is 4.41. The molecule has 2 aromatic rings. The Hall–Kier alpha value is -2.43. The molecule has 0 saturated heterocycles. The molecule has 2 heterocycles. The first-order valence-corrected chi connectivity index (χ1v) is 6.56. The molecule has 0 aliphatic carbocycles. The number of hydrogen-bond acceptors (Lipinski definition) is 4. The van der Waals surface area contributed by atoms with E-state index in [0.29, 0.717) is 17.9 Å². The molecule has 0 atom stereocenters. The summed E-state index contributed by atoms with van der Waals surface area (Å²) in [6.45, 7) is 3.17. The van der Waals surface area contributed by atoms with Crippen LogP contribution in [0.15, 0.2) is 42.7 Å². The zero-order valence-electron chi connectivity index (χ0n) is 11.7. The molecular formula is C15H18N4O. The first-order valence-electron chi connectivity index (χ1n) is 6.56. The van der Waals surface area contributed by atoms with Gasteiger partial charge in [0.25, 0.3) is 5.91 Å². The van der Waals surface area contributed by atoms with E-state index < -0.39 is 0 Å². The molecule has 0 fully saturated rings. The van der Waals surface area contributed by atoms with Crippen LogP contribution in [-0.2, 0) is 6.54 Å². The molecule has 5 heteroatoms. The molecule has 20 heavy (non-hydrogen) atoms. The van der Waals surface area contributed by atoms with Crippen molar-refractivity contribution in [3.8, 4) is 0 Å². The third kappa shape index (κ3) is 3.32. The van der Waals surface area contributed by atoms with E-state index in [0.717, 1.165) is 12.2 Å². The summed E-state index contributed by atoms with van der Waals surface area (Å²) < 4.78 is 0. The molecule has 2 rings (SSSR count). The van der Waals surface area contributed by atoms with Crippen molar-refractivity contribution in [1.82, 2.24) is 14.9 Å². The van der Waals surface area contributed by atoms with Gasteiger partial charge in [-0.2, -0.15) is 0 Å². The van der Waals surface area contributed by atoms with E-state index in [9.17, 15) is 4.79 Å². The van der Waals surface area contributed by atoms with Gasteiger partial charge in [-0.15, -0.1) is 0 Å². The predicted octanol–water partition coefficient (Wildman–Crippen LogP) is 2.18. The highest BCUT2D eigenvalue weighted by molar-refractivity contribution is 5.98. The number of carbonyl (C=O) groups excluding carboxylic acids is 1. The number of carbonyl (C=O) groups is 1. The normalized spacial score (nSPS) is 10.1. The smallest absolute Gasteiger partial charge is 0.257 e. The van der Waals surface area contributed by atoms with E-state index in [1.807, 2.05) is 25.1 Å². The van der Waals surface area contributed by atoms with Gasteiger partial charge in [-0.1, -0.05) is 6.07 Å². The molecule has 0 aliphatic rings. The van der Waals surface area contributed by atoms with Gasteiger partial charge in [-0.3, -0.25) is 9.78 Å². The van der Waals surface area contributed by atoms with Gasteiger partial charge >= 0.3 is 0 Å². The largest absolute Gasteiger partial charge is 0.370 e. The van der Waals surface area contributed by atoms with Gasteiger partial charge in [-0.05, 0) is 31.2 Å². The van der Waals surface area contributed by atoms with Crippen LogP contribution in [0.25, 0.3) is 0 Å². The molecule has 1 amide bonds. The minimum absolute atomic E-state index is 0.0697. The molecule has 0 bridgehead atoms. The first-order chi connectivity index (χ1) is 9.72. The number of amides is 1. The van der Waals surface area contributed by atoms with E-state index >= 15 is 0 Å². The Balaban J connectivity index is 2.14. The SMILES string of the molecule is CCNc1ncccc1C(=O)N(C)Cc1ccccn1. The number of nitrogens with zero attached hydrogens (tertiary/aromatic N) is 3. The lowest BCUT2D eigenvalue weighted by Gasteiger charge is -2.18. The number of anilines is 1. The number of pyridine rings is 2. The molecule has 0 saturated carbocycles. The van der Waals surface area contributed by atoms with Crippen LogP contribution in [0.1, 0.15) is 23.0 Å². The fourth-order valence-electron chi connectivity index (χ4n) is 1.90. The van der Waals surface area contributed by atoms with E-state index in [1.165, 1.54) is 0 Å². The highest BCUT2D eigenvalue weighted by Gasteiger charge is 2.16. The molecule has 0 unspecified atom stereocenters. The maximum absolute atomic E-state index is 12.5. The molecule has 104 valence electrons. The van der Waals surface area contributed by atoms with Crippen LogP contribution in [0.4, 0.5) is 5.82 Å². The third-order valence-corrected chi connectivity index (χ3v) is 2.85. The van der Waals surface area contributed by atoms with Crippen LogP contribution < -0.4 is 5.32 Å². The van der Waals surface area contributed by atoms with E-state index in [1.54, 1.807) is 36.5 Å². The van der Waals surface area contributed by atoms with Gasteiger partial charge < -0.3 is 10.2 Å².